The molecule has 0 N–H and O–H groups in total. The van der Waals surface area contributed by atoms with E-state index in [0.29, 0.717) is 0 Å². The van der Waals surface area contributed by atoms with Crippen LogP contribution in [0, 0.1) is 0 Å². The van der Waals surface area contributed by atoms with Crippen LogP contribution in [0.2, 0.25) is 5.02 Å². The largest absolute Gasteiger partial charge is 0.497 e. The summed E-state index contributed by atoms with van der Waals surface area (Å²) in [6.07, 6.45) is 0. The summed E-state index contributed by atoms with van der Waals surface area (Å²) in [4.78, 5) is 0.128. The summed E-state index contributed by atoms with van der Waals surface area (Å²) in [5.74, 6) is 0.875. The molecule has 0 saturated heterocycles. The lowest BCUT2D eigenvalue weighted by atomic mass is 10.0. The molecule has 0 heterocycles. The molecule has 3 aromatic carbocycles. The quantitative estimate of drug-likeness (QED) is 0.521. The van der Waals surface area contributed by atoms with Crippen molar-refractivity contribution in [2.45, 2.75) is 4.83 Å². The standard InChI is InChI=1S/C18H14BrClO/c1-21-17-8-7-12-9-15(6-5-13(12)11-17)18(19)14-3-2-4-16(20)10-14/h2-11,18H,1H3. The van der Waals surface area contributed by atoms with E-state index in [4.69, 9.17) is 16.3 Å². The molecule has 0 spiro atoms. The molecule has 0 aliphatic carbocycles. The summed E-state index contributed by atoms with van der Waals surface area (Å²) in [5.41, 5.74) is 2.35. The fourth-order valence-electron chi connectivity index (χ4n) is 2.38. The molecule has 21 heavy (non-hydrogen) atoms. The van der Waals surface area contributed by atoms with Gasteiger partial charge in [0, 0.05) is 5.02 Å². The van der Waals surface area contributed by atoms with E-state index in [9.17, 15) is 0 Å². The third kappa shape index (κ3) is 3.07. The predicted octanol–water partition coefficient (Wildman–Crippen LogP) is 5.99. The van der Waals surface area contributed by atoms with E-state index in [-0.39, 0.29) is 4.83 Å². The van der Waals surface area contributed by atoms with Gasteiger partial charge in [-0.1, -0.05) is 57.9 Å². The van der Waals surface area contributed by atoms with Gasteiger partial charge in [-0.2, -0.15) is 0 Å². The van der Waals surface area contributed by atoms with Gasteiger partial charge in [0.15, 0.2) is 0 Å². The average Bonchev–Trinajstić information content (AvgIpc) is 2.53. The molecule has 0 aromatic heterocycles. The Bertz CT molecular complexity index is 785. The Kier molecular flexibility index (Phi) is 4.18. The lowest BCUT2D eigenvalue weighted by Crippen LogP contribution is -1.93. The minimum Gasteiger partial charge on any atom is -0.497 e. The molecule has 0 aliphatic rings. The van der Waals surface area contributed by atoms with Gasteiger partial charge in [0.1, 0.15) is 5.75 Å². The molecule has 0 radical (unpaired) electrons. The number of hydrogen-bond donors (Lipinski definition) is 0. The van der Waals surface area contributed by atoms with E-state index in [1.54, 1.807) is 7.11 Å². The number of hydrogen-bond acceptors (Lipinski definition) is 1. The third-order valence-electron chi connectivity index (χ3n) is 3.51. The van der Waals surface area contributed by atoms with Crippen LogP contribution in [-0.4, -0.2) is 7.11 Å². The van der Waals surface area contributed by atoms with Gasteiger partial charge in [0.25, 0.3) is 0 Å². The van der Waals surface area contributed by atoms with Crippen LogP contribution in [0.1, 0.15) is 16.0 Å². The highest BCUT2D eigenvalue weighted by Crippen LogP contribution is 2.34. The number of alkyl halides is 1. The van der Waals surface area contributed by atoms with Gasteiger partial charge in [-0.3, -0.25) is 0 Å². The minimum atomic E-state index is 0.128. The van der Waals surface area contributed by atoms with Crippen LogP contribution in [0.3, 0.4) is 0 Å². The molecule has 0 bridgehead atoms. The SMILES string of the molecule is COc1ccc2cc(C(Br)c3cccc(Cl)c3)ccc2c1. The summed E-state index contributed by atoms with van der Waals surface area (Å²) in [6, 6.07) is 20.5. The molecule has 3 rings (SSSR count). The first kappa shape index (κ1) is 14.4. The zero-order valence-corrected chi connectivity index (χ0v) is 13.9. The number of rotatable bonds is 3. The molecule has 3 heteroatoms. The molecular weight excluding hydrogens is 348 g/mol. The zero-order chi connectivity index (χ0) is 14.8. The van der Waals surface area contributed by atoms with Crippen LogP contribution in [0.15, 0.2) is 60.7 Å². The van der Waals surface area contributed by atoms with Crippen molar-refractivity contribution in [3.05, 3.63) is 76.8 Å². The smallest absolute Gasteiger partial charge is 0.119 e. The summed E-state index contributed by atoms with van der Waals surface area (Å²) in [5, 5.41) is 3.12. The Morgan fingerprint density at radius 3 is 2.38 bits per heavy atom. The Labute approximate surface area is 137 Å². The van der Waals surface area contributed by atoms with Crippen LogP contribution >= 0.6 is 27.5 Å². The molecule has 3 aromatic rings. The molecule has 1 nitrogen and oxygen atoms in total. The molecule has 0 fully saturated rings. The van der Waals surface area contributed by atoms with Crippen molar-refractivity contribution < 1.29 is 4.74 Å². The zero-order valence-electron chi connectivity index (χ0n) is 11.5. The highest BCUT2D eigenvalue weighted by molar-refractivity contribution is 9.09. The van der Waals surface area contributed by atoms with Crippen molar-refractivity contribution in [1.82, 2.24) is 0 Å². The summed E-state index contributed by atoms with van der Waals surface area (Å²) in [7, 11) is 1.68. The summed E-state index contributed by atoms with van der Waals surface area (Å²) >= 11 is 9.83. The number of fused-ring (bicyclic) bond motifs is 1. The van der Waals surface area contributed by atoms with Gasteiger partial charge in [-0.15, -0.1) is 0 Å². The Balaban J connectivity index is 2.00. The summed E-state index contributed by atoms with van der Waals surface area (Å²) < 4.78 is 5.26. The van der Waals surface area contributed by atoms with Gasteiger partial charge in [0.2, 0.25) is 0 Å². The molecule has 0 saturated carbocycles. The second-order valence-electron chi connectivity index (χ2n) is 4.89. The number of benzene rings is 3. The predicted molar refractivity (Wildman–Crippen MR) is 92.7 cm³/mol. The Hall–Kier alpha value is -1.51. The fourth-order valence-corrected chi connectivity index (χ4v) is 3.15. The highest BCUT2D eigenvalue weighted by atomic mass is 79.9. The first-order valence-corrected chi connectivity index (χ1v) is 7.94. The maximum atomic E-state index is 6.07. The minimum absolute atomic E-state index is 0.128. The number of halogens is 2. The van der Waals surface area contributed by atoms with E-state index in [2.05, 4.69) is 46.3 Å². The Morgan fingerprint density at radius 2 is 1.62 bits per heavy atom. The maximum Gasteiger partial charge on any atom is 0.119 e. The van der Waals surface area contributed by atoms with Crippen molar-refractivity contribution in [1.29, 1.82) is 0 Å². The first-order chi connectivity index (χ1) is 10.2. The first-order valence-electron chi connectivity index (χ1n) is 6.64. The second-order valence-corrected chi connectivity index (χ2v) is 6.24. The van der Waals surface area contributed by atoms with Crippen LogP contribution in [0.5, 0.6) is 5.75 Å². The van der Waals surface area contributed by atoms with Gasteiger partial charge < -0.3 is 4.74 Å². The van der Waals surface area contributed by atoms with Crippen molar-refractivity contribution >= 4 is 38.3 Å². The third-order valence-corrected chi connectivity index (χ3v) is 4.80. The van der Waals surface area contributed by atoms with Crippen molar-refractivity contribution in [2.75, 3.05) is 7.11 Å². The Morgan fingerprint density at radius 1 is 0.905 bits per heavy atom. The maximum absolute atomic E-state index is 6.07. The number of ether oxygens (including phenoxy) is 1. The van der Waals surface area contributed by atoms with Crippen LogP contribution in [0.4, 0.5) is 0 Å². The summed E-state index contributed by atoms with van der Waals surface area (Å²) in [6.45, 7) is 0. The van der Waals surface area contributed by atoms with Crippen LogP contribution in [-0.2, 0) is 0 Å². The molecule has 0 amide bonds. The monoisotopic (exact) mass is 360 g/mol. The normalized spacial score (nSPS) is 12.3. The van der Waals surface area contributed by atoms with Crippen LogP contribution < -0.4 is 4.74 Å². The van der Waals surface area contributed by atoms with E-state index in [1.807, 2.05) is 30.3 Å². The second kappa shape index (κ2) is 6.08. The van der Waals surface area contributed by atoms with Gasteiger partial charge in [-0.05, 0) is 52.2 Å². The van der Waals surface area contributed by atoms with Gasteiger partial charge >= 0.3 is 0 Å². The van der Waals surface area contributed by atoms with E-state index < -0.39 is 0 Å². The van der Waals surface area contributed by atoms with Crippen LogP contribution in [0.25, 0.3) is 10.8 Å². The van der Waals surface area contributed by atoms with Crippen molar-refractivity contribution in [3.8, 4) is 5.75 Å². The molecule has 106 valence electrons. The molecule has 1 atom stereocenters. The molecule has 1 unspecified atom stereocenters. The van der Waals surface area contributed by atoms with Crippen molar-refractivity contribution in [2.24, 2.45) is 0 Å². The average molecular weight is 362 g/mol. The lowest BCUT2D eigenvalue weighted by Gasteiger charge is -2.12. The fraction of sp³-hybridized carbons (Fsp3) is 0.111. The van der Waals surface area contributed by atoms with E-state index >= 15 is 0 Å². The van der Waals surface area contributed by atoms with Crippen molar-refractivity contribution in [3.63, 3.8) is 0 Å². The van der Waals surface area contributed by atoms with Gasteiger partial charge in [0.05, 0.1) is 11.9 Å². The lowest BCUT2D eigenvalue weighted by molar-refractivity contribution is 0.415. The number of methoxy groups -OCH3 is 1. The van der Waals surface area contributed by atoms with Gasteiger partial charge in [-0.25, -0.2) is 0 Å². The topological polar surface area (TPSA) is 9.23 Å². The molecular formula is C18H14BrClO. The molecule has 0 aliphatic heterocycles. The van der Waals surface area contributed by atoms with E-state index in [0.717, 1.165) is 16.3 Å². The van der Waals surface area contributed by atoms with E-state index in [1.165, 1.54) is 16.3 Å². The highest BCUT2D eigenvalue weighted by Gasteiger charge is 2.11.